The van der Waals surface area contributed by atoms with Crippen molar-refractivity contribution in [3.8, 4) is 11.1 Å². The molecule has 4 unspecified atom stereocenters. The SMILES string of the molecule is CCC(C)C(NC(=O)C1C(CNC(=O)OCC2c3ccccc3-c3ccccc32)C1(F)F)C(=O)O. The Labute approximate surface area is 201 Å². The summed E-state index contributed by atoms with van der Waals surface area (Å²) >= 11 is 0. The lowest BCUT2D eigenvalue weighted by Crippen LogP contribution is -2.46. The molecule has 2 aliphatic rings. The molecule has 2 aromatic rings. The van der Waals surface area contributed by atoms with Crippen molar-refractivity contribution in [2.75, 3.05) is 13.2 Å². The second kappa shape index (κ2) is 9.64. The summed E-state index contributed by atoms with van der Waals surface area (Å²) in [6.45, 7) is 2.96. The second-order valence-electron chi connectivity index (χ2n) is 9.18. The largest absolute Gasteiger partial charge is 0.480 e. The number of rotatable bonds is 9. The van der Waals surface area contributed by atoms with Crippen LogP contribution in [0.1, 0.15) is 37.3 Å². The normalized spacial score (nSPS) is 21.3. The van der Waals surface area contributed by atoms with E-state index in [2.05, 4.69) is 10.6 Å². The number of hydrogen-bond donors (Lipinski definition) is 3. The van der Waals surface area contributed by atoms with E-state index in [4.69, 9.17) is 4.74 Å². The van der Waals surface area contributed by atoms with Crippen molar-refractivity contribution in [3.63, 3.8) is 0 Å². The molecule has 3 N–H and O–H groups in total. The van der Waals surface area contributed by atoms with Gasteiger partial charge in [-0.25, -0.2) is 18.4 Å². The van der Waals surface area contributed by atoms with E-state index in [1.807, 2.05) is 48.5 Å². The molecule has 35 heavy (non-hydrogen) atoms. The Morgan fingerprint density at radius 3 is 2.17 bits per heavy atom. The number of amides is 2. The number of benzene rings is 2. The number of fused-ring (bicyclic) bond motifs is 3. The first-order chi connectivity index (χ1) is 16.7. The Morgan fingerprint density at radius 1 is 1.06 bits per heavy atom. The molecular formula is C26H28F2N2O5. The van der Waals surface area contributed by atoms with Gasteiger partial charge in [0.25, 0.3) is 5.92 Å². The molecule has 7 nitrogen and oxygen atoms in total. The number of hydrogen-bond acceptors (Lipinski definition) is 4. The van der Waals surface area contributed by atoms with Gasteiger partial charge in [-0.3, -0.25) is 4.79 Å². The fraction of sp³-hybridized carbons (Fsp3) is 0.423. The number of carboxylic acid groups (broad SMARTS) is 1. The van der Waals surface area contributed by atoms with Crippen LogP contribution in [0.15, 0.2) is 48.5 Å². The maximum absolute atomic E-state index is 14.3. The van der Waals surface area contributed by atoms with Crippen LogP contribution >= 0.6 is 0 Å². The van der Waals surface area contributed by atoms with Gasteiger partial charge in [0.15, 0.2) is 0 Å². The molecule has 1 fully saturated rings. The van der Waals surface area contributed by atoms with Crippen LogP contribution in [-0.2, 0) is 14.3 Å². The van der Waals surface area contributed by atoms with Crippen LogP contribution in [0.3, 0.4) is 0 Å². The van der Waals surface area contributed by atoms with Gasteiger partial charge in [-0.05, 0) is 28.2 Å². The fourth-order valence-corrected chi connectivity index (χ4v) is 4.77. The highest BCUT2D eigenvalue weighted by Gasteiger charge is 2.71. The topological polar surface area (TPSA) is 105 Å². The number of carboxylic acids is 1. The average molecular weight is 487 g/mol. The lowest BCUT2D eigenvalue weighted by molar-refractivity contribution is -0.144. The van der Waals surface area contributed by atoms with Gasteiger partial charge in [-0.1, -0.05) is 68.8 Å². The first kappa shape index (κ1) is 24.6. The van der Waals surface area contributed by atoms with Crippen LogP contribution in [0.4, 0.5) is 13.6 Å². The Hall–Kier alpha value is -3.49. The van der Waals surface area contributed by atoms with Gasteiger partial charge >= 0.3 is 12.1 Å². The highest BCUT2D eigenvalue weighted by atomic mass is 19.3. The predicted molar refractivity (Wildman–Crippen MR) is 124 cm³/mol. The Balaban J connectivity index is 1.32. The third kappa shape index (κ3) is 4.72. The third-order valence-corrected chi connectivity index (χ3v) is 7.07. The molecule has 1 saturated carbocycles. The Kier molecular flexibility index (Phi) is 6.78. The first-order valence-electron chi connectivity index (χ1n) is 11.7. The minimum Gasteiger partial charge on any atom is -0.480 e. The van der Waals surface area contributed by atoms with E-state index in [9.17, 15) is 28.3 Å². The summed E-state index contributed by atoms with van der Waals surface area (Å²) < 4.78 is 33.9. The average Bonchev–Trinajstić information content (AvgIpc) is 3.25. The molecule has 9 heteroatoms. The number of nitrogens with one attached hydrogen (secondary N) is 2. The lowest BCUT2D eigenvalue weighted by atomic mass is 9.98. The van der Waals surface area contributed by atoms with E-state index in [0.717, 1.165) is 22.3 Å². The number of halogens is 2. The molecule has 4 atom stereocenters. The Bertz CT molecular complexity index is 1090. The molecular weight excluding hydrogens is 458 g/mol. The number of alkyl carbamates (subject to hydrolysis) is 1. The van der Waals surface area contributed by atoms with Crippen LogP contribution < -0.4 is 10.6 Å². The van der Waals surface area contributed by atoms with E-state index in [1.54, 1.807) is 13.8 Å². The van der Waals surface area contributed by atoms with Gasteiger partial charge in [0.05, 0.1) is 5.92 Å². The van der Waals surface area contributed by atoms with E-state index in [0.29, 0.717) is 6.42 Å². The first-order valence-corrected chi connectivity index (χ1v) is 11.7. The zero-order valence-corrected chi connectivity index (χ0v) is 19.5. The van der Waals surface area contributed by atoms with Crippen LogP contribution in [0.2, 0.25) is 0 Å². The summed E-state index contributed by atoms with van der Waals surface area (Å²) in [4.78, 5) is 36.0. The van der Waals surface area contributed by atoms with E-state index in [1.165, 1.54) is 0 Å². The summed E-state index contributed by atoms with van der Waals surface area (Å²) in [7, 11) is 0. The zero-order valence-electron chi connectivity index (χ0n) is 19.5. The van der Waals surface area contributed by atoms with Crippen molar-refractivity contribution in [3.05, 3.63) is 59.7 Å². The van der Waals surface area contributed by atoms with Gasteiger partial charge in [0, 0.05) is 12.5 Å². The summed E-state index contributed by atoms with van der Waals surface area (Å²) in [6.07, 6.45) is -0.387. The minimum atomic E-state index is -3.33. The predicted octanol–water partition coefficient (Wildman–Crippen LogP) is 4.02. The highest BCUT2D eigenvalue weighted by molar-refractivity contribution is 5.88. The molecule has 0 saturated heterocycles. The zero-order chi connectivity index (χ0) is 25.3. The summed E-state index contributed by atoms with van der Waals surface area (Å²) in [5.41, 5.74) is 4.20. The van der Waals surface area contributed by atoms with Crippen LogP contribution in [-0.4, -0.2) is 48.2 Å². The highest BCUT2D eigenvalue weighted by Crippen LogP contribution is 2.55. The molecule has 0 bridgehead atoms. The van der Waals surface area contributed by atoms with E-state index < -0.39 is 54.2 Å². The molecule has 2 aromatic carbocycles. The smallest absolute Gasteiger partial charge is 0.407 e. The van der Waals surface area contributed by atoms with E-state index in [-0.39, 0.29) is 12.5 Å². The van der Waals surface area contributed by atoms with Crippen molar-refractivity contribution in [2.24, 2.45) is 17.8 Å². The minimum absolute atomic E-state index is 0.0417. The standard InChI is InChI=1S/C26H28F2N2O5/c1-3-14(2)22(24(32)33)30-23(31)21-20(26(21,27)28)12-29-25(34)35-13-19-17-10-6-4-8-15(17)16-9-5-7-11-18(16)19/h4-11,14,19-22H,3,12-13H2,1-2H3,(H,29,34)(H,30,31)(H,32,33). The fourth-order valence-electron chi connectivity index (χ4n) is 4.77. The number of ether oxygens (including phenoxy) is 1. The maximum atomic E-state index is 14.3. The Morgan fingerprint density at radius 2 is 1.63 bits per heavy atom. The van der Waals surface area contributed by atoms with Crippen molar-refractivity contribution >= 4 is 18.0 Å². The monoisotopic (exact) mass is 486 g/mol. The maximum Gasteiger partial charge on any atom is 0.407 e. The van der Waals surface area contributed by atoms with Gasteiger partial charge in [-0.2, -0.15) is 0 Å². The van der Waals surface area contributed by atoms with Crippen molar-refractivity contribution in [2.45, 2.75) is 38.2 Å². The van der Waals surface area contributed by atoms with Gasteiger partial charge in [0.2, 0.25) is 5.91 Å². The summed E-state index contributed by atoms with van der Waals surface area (Å²) in [5.74, 6) is -9.33. The second-order valence-corrected chi connectivity index (χ2v) is 9.18. The van der Waals surface area contributed by atoms with Gasteiger partial charge in [-0.15, -0.1) is 0 Å². The molecule has 4 rings (SSSR count). The van der Waals surface area contributed by atoms with Crippen LogP contribution in [0.5, 0.6) is 0 Å². The van der Waals surface area contributed by atoms with Gasteiger partial charge < -0.3 is 20.5 Å². The molecule has 2 aliphatic carbocycles. The van der Waals surface area contributed by atoms with Gasteiger partial charge in [0.1, 0.15) is 18.6 Å². The lowest BCUT2D eigenvalue weighted by Gasteiger charge is -2.20. The van der Waals surface area contributed by atoms with E-state index >= 15 is 0 Å². The molecule has 0 heterocycles. The molecule has 0 spiro atoms. The third-order valence-electron chi connectivity index (χ3n) is 7.07. The van der Waals surface area contributed by atoms with Crippen LogP contribution in [0.25, 0.3) is 11.1 Å². The molecule has 2 amide bonds. The number of carbonyl (C=O) groups excluding carboxylic acids is 2. The molecule has 186 valence electrons. The summed E-state index contributed by atoms with van der Waals surface area (Å²) in [5, 5.41) is 13.8. The number of carbonyl (C=O) groups is 3. The molecule has 0 radical (unpaired) electrons. The number of alkyl halides is 2. The van der Waals surface area contributed by atoms with Crippen molar-refractivity contribution in [1.82, 2.24) is 10.6 Å². The summed E-state index contributed by atoms with van der Waals surface area (Å²) in [6, 6.07) is 14.4. The molecule has 0 aliphatic heterocycles. The van der Waals surface area contributed by atoms with Crippen molar-refractivity contribution < 1.29 is 33.0 Å². The van der Waals surface area contributed by atoms with Crippen molar-refractivity contribution in [1.29, 1.82) is 0 Å². The molecule has 0 aromatic heterocycles. The number of aliphatic carboxylic acids is 1. The van der Waals surface area contributed by atoms with Crippen LogP contribution in [0, 0.1) is 17.8 Å². The quantitative estimate of drug-likeness (QED) is 0.497.